The van der Waals surface area contributed by atoms with E-state index in [0.717, 1.165) is 11.6 Å². The van der Waals surface area contributed by atoms with E-state index in [0.29, 0.717) is 24.6 Å². The quantitative estimate of drug-likeness (QED) is 0.420. The summed E-state index contributed by atoms with van der Waals surface area (Å²) in [5.41, 5.74) is 1.49. The van der Waals surface area contributed by atoms with Crippen molar-refractivity contribution in [1.82, 2.24) is 20.4 Å². The molecule has 0 saturated heterocycles. The van der Waals surface area contributed by atoms with Crippen LogP contribution in [0.15, 0.2) is 35.6 Å². The predicted molar refractivity (Wildman–Crippen MR) is 102 cm³/mol. The Labute approximate surface area is 157 Å². The number of hydrogen-bond acceptors (Lipinski definition) is 2. The van der Waals surface area contributed by atoms with E-state index < -0.39 is 11.6 Å². The van der Waals surface area contributed by atoms with Gasteiger partial charge < -0.3 is 10.6 Å². The van der Waals surface area contributed by atoms with Crippen LogP contribution in [0.3, 0.4) is 0 Å². The van der Waals surface area contributed by atoms with Crippen molar-refractivity contribution in [1.29, 1.82) is 0 Å². The molecule has 0 bridgehead atoms. The number of nitrogens with one attached hydrogen (secondary N) is 2. The van der Waals surface area contributed by atoms with Gasteiger partial charge in [-0.1, -0.05) is 6.07 Å². The lowest BCUT2D eigenvalue weighted by Crippen LogP contribution is -2.40. The third-order valence-electron chi connectivity index (χ3n) is 3.40. The van der Waals surface area contributed by atoms with Crippen LogP contribution < -0.4 is 10.6 Å². The van der Waals surface area contributed by atoms with E-state index >= 15 is 0 Å². The van der Waals surface area contributed by atoms with Crippen LogP contribution in [-0.4, -0.2) is 29.3 Å². The number of aliphatic imine (C=N–C) groups is 1. The number of nitrogens with zero attached hydrogens (tertiary/aromatic N) is 3. The minimum atomic E-state index is -0.588. The number of aryl methyl sites for hydroxylation is 1. The highest BCUT2D eigenvalue weighted by Crippen LogP contribution is 2.17. The Morgan fingerprint density at radius 3 is 2.71 bits per heavy atom. The monoisotopic (exact) mass is 449 g/mol. The molecule has 1 unspecified atom stereocenters. The summed E-state index contributed by atoms with van der Waals surface area (Å²) in [5.74, 6) is -0.618. The lowest BCUT2D eigenvalue weighted by atomic mass is 10.1. The zero-order valence-electron chi connectivity index (χ0n) is 13.9. The van der Waals surface area contributed by atoms with Gasteiger partial charge in [-0.2, -0.15) is 5.10 Å². The molecule has 0 spiro atoms. The maximum atomic E-state index is 13.8. The van der Waals surface area contributed by atoms with Crippen LogP contribution in [0.2, 0.25) is 0 Å². The first-order valence-corrected chi connectivity index (χ1v) is 7.41. The summed E-state index contributed by atoms with van der Waals surface area (Å²) in [4.78, 5) is 4.11. The minimum Gasteiger partial charge on any atom is -0.355 e. The Morgan fingerprint density at radius 1 is 1.38 bits per heavy atom. The zero-order chi connectivity index (χ0) is 16.8. The standard InChI is InChI=1S/C16H21F2N5.HI/c1-11-9-21-23(10-11)7-6-20-16(19-3)22-12(2)14-5-4-13(17)8-15(14)18;/h4-5,8-10,12H,6-7H2,1-3H3,(H2,19,20,22);1H. The molecule has 0 aliphatic carbocycles. The summed E-state index contributed by atoms with van der Waals surface area (Å²) < 4.78 is 28.6. The normalized spacial score (nSPS) is 12.5. The Bertz CT molecular complexity index is 687. The van der Waals surface area contributed by atoms with Gasteiger partial charge in [0.2, 0.25) is 0 Å². The second kappa shape index (κ2) is 9.55. The highest BCUT2D eigenvalue weighted by atomic mass is 127. The molecule has 0 aliphatic heterocycles. The topological polar surface area (TPSA) is 54.2 Å². The molecule has 2 N–H and O–H groups in total. The fraction of sp³-hybridized carbons (Fsp3) is 0.375. The summed E-state index contributed by atoms with van der Waals surface area (Å²) >= 11 is 0. The fourth-order valence-corrected chi connectivity index (χ4v) is 2.21. The van der Waals surface area contributed by atoms with E-state index in [1.54, 1.807) is 20.2 Å². The molecule has 0 radical (unpaired) electrons. The van der Waals surface area contributed by atoms with Gasteiger partial charge in [-0.15, -0.1) is 24.0 Å². The van der Waals surface area contributed by atoms with E-state index in [4.69, 9.17) is 0 Å². The number of hydrogen-bond donors (Lipinski definition) is 2. The lowest BCUT2D eigenvalue weighted by molar-refractivity contribution is 0.548. The van der Waals surface area contributed by atoms with Crippen molar-refractivity contribution in [3.8, 4) is 0 Å². The first-order chi connectivity index (χ1) is 11.0. The largest absolute Gasteiger partial charge is 0.355 e. The Hall–Kier alpha value is -1.71. The number of rotatable bonds is 5. The van der Waals surface area contributed by atoms with E-state index in [-0.39, 0.29) is 30.0 Å². The van der Waals surface area contributed by atoms with Crippen molar-refractivity contribution in [3.63, 3.8) is 0 Å². The van der Waals surface area contributed by atoms with E-state index in [1.807, 2.05) is 17.8 Å². The number of benzene rings is 1. The van der Waals surface area contributed by atoms with Crippen molar-refractivity contribution in [2.75, 3.05) is 13.6 Å². The molecule has 0 saturated carbocycles. The first kappa shape index (κ1) is 20.3. The van der Waals surface area contributed by atoms with Crippen LogP contribution in [-0.2, 0) is 6.54 Å². The summed E-state index contributed by atoms with van der Waals surface area (Å²) in [6.07, 6.45) is 3.75. The van der Waals surface area contributed by atoms with Crippen molar-refractivity contribution >= 4 is 29.9 Å². The molecule has 24 heavy (non-hydrogen) atoms. The maximum absolute atomic E-state index is 13.8. The summed E-state index contributed by atoms with van der Waals surface area (Å²) in [7, 11) is 1.64. The third kappa shape index (κ3) is 5.73. The maximum Gasteiger partial charge on any atom is 0.191 e. The summed E-state index contributed by atoms with van der Waals surface area (Å²) in [6.45, 7) is 5.09. The van der Waals surface area contributed by atoms with Gasteiger partial charge in [-0.05, 0) is 25.5 Å². The molecule has 1 aromatic carbocycles. The second-order valence-corrected chi connectivity index (χ2v) is 5.31. The molecule has 0 amide bonds. The second-order valence-electron chi connectivity index (χ2n) is 5.31. The SMILES string of the molecule is CN=C(NCCn1cc(C)cn1)NC(C)c1ccc(F)cc1F.I. The van der Waals surface area contributed by atoms with Crippen LogP contribution in [0, 0.1) is 18.6 Å². The fourth-order valence-electron chi connectivity index (χ4n) is 2.21. The van der Waals surface area contributed by atoms with Gasteiger partial charge >= 0.3 is 0 Å². The van der Waals surface area contributed by atoms with Gasteiger partial charge in [0.1, 0.15) is 11.6 Å². The Kier molecular flexibility index (Phi) is 8.09. The van der Waals surface area contributed by atoms with Crippen molar-refractivity contribution in [2.24, 2.45) is 4.99 Å². The molecule has 0 aliphatic rings. The highest BCUT2D eigenvalue weighted by molar-refractivity contribution is 14.0. The van der Waals surface area contributed by atoms with Gasteiger partial charge in [0.25, 0.3) is 0 Å². The van der Waals surface area contributed by atoms with Crippen molar-refractivity contribution < 1.29 is 8.78 Å². The molecule has 1 atom stereocenters. The Balaban J connectivity index is 0.00000288. The van der Waals surface area contributed by atoms with Gasteiger partial charge in [0.05, 0.1) is 18.8 Å². The summed E-state index contributed by atoms with van der Waals surface area (Å²) in [5, 5.41) is 10.4. The lowest BCUT2D eigenvalue weighted by Gasteiger charge is -2.18. The number of guanidine groups is 1. The smallest absolute Gasteiger partial charge is 0.191 e. The van der Waals surface area contributed by atoms with Gasteiger partial charge in [-0.25, -0.2) is 8.78 Å². The average Bonchev–Trinajstić information content (AvgIpc) is 2.91. The zero-order valence-corrected chi connectivity index (χ0v) is 16.2. The predicted octanol–water partition coefficient (Wildman–Crippen LogP) is 3.01. The number of aromatic nitrogens is 2. The molecule has 2 aromatic rings. The molecule has 0 fully saturated rings. The van der Waals surface area contributed by atoms with E-state index in [1.165, 1.54) is 12.1 Å². The molecule has 132 valence electrons. The van der Waals surface area contributed by atoms with Gasteiger partial charge in [-0.3, -0.25) is 9.67 Å². The van der Waals surface area contributed by atoms with Crippen LogP contribution in [0.25, 0.3) is 0 Å². The Morgan fingerprint density at radius 2 is 2.12 bits per heavy atom. The minimum absolute atomic E-state index is 0. The van der Waals surface area contributed by atoms with Crippen molar-refractivity contribution in [2.45, 2.75) is 26.4 Å². The molecule has 8 heteroatoms. The number of halogens is 3. The van der Waals surface area contributed by atoms with Crippen molar-refractivity contribution in [3.05, 3.63) is 53.4 Å². The van der Waals surface area contributed by atoms with Crippen LogP contribution in [0.4, 0.5) is 8.78 Å². The van der Waals surface area contributed by atoms with Crippen LogP contribution in [0.1, 0.15) is 24.1 Å². The molecular formula is C16H22F2IN5. The molecule has 1 heterocycles. The first-order valence-electron chi connectivity index (χ1n) is 7.41. The van der Waals surface area contributed by atoms with Crippen LogP contribution >= 0.6 is 24.0 Å². The molecule has 2 rings (SSSR count). The van der Waals surface area contributed by atoms with Crippen LogP contribution in [0.5, 0.6) is 0 Å². The highest BCUT2D eigenvalue weighted by Gasteiger charge is 2.13. The van der Waals surface area contributed by atoms with E-state index in [9.17, 15) is 8.78 Å². The molecular weight excluding hydrogens is 427 g/mol. The average molecular weight is 449 g/mol. The summed E-state index contributed by atoms with van der Waals surface area (Å²) in [6, 6.07) is 3.22. The van der Waals surface area contributed by atoms with E-state index in [2.05, 4.69) is 20.7 Å². The molecule has 5 nitrogen and oxygen atoms in total. The molecule has 1 aromatic heterocycles. The van der Waals surface area contributed by atoms with Gasteiger partial charge in [0.15, 0.2) is 5.96 Å². The third-order valence-corrected chi connectivity index (χ3v) is 3.40. The van der Waals surface area contributed by atoms with Gasteiger partial charge in [0, 0.05) is 31.4 Å².